The summed E-state index contributed by atoms with van der Waals surface area (Å²) in [6, 6.07) is -0.570. The zero-order valence-corrected chi connectivity index (χ0v) is 7.10. The number of aliphatic hydroxyl groups excluding tert-OH is 1. The second-order valence-corrected chi connectivity index (χ2v) is 2.80. The van der Waals surface area contributed by atoms with Gasteiger partial charge in [0.2, 0.25) is 5.82 Å². The van der Waals surface area contributed by atoms with Crippen molar-refractivity contribution < 1.29 is 19.8 Å². The van der Waals surface area contributed by atoms with E-state index in [0.717, 1.165) is 4.90 Å². The molecular weight excluding hydrogens is 176 g/mol. The molecule has 0 radical (unpaired) electrons. The van der Waals surface area contributed by atoms with Gasteiger partial charge in [-0.25, -0.2) is 14.5 Å². The third-order valence-corrected chi connectivity index (χ3v) is 1.95. The molecule has 72 valence electrons. The van der Waals surface area contributed by atoms with E-state index < -0.39 is 12.1 Å². The SMILES string of the molecule is CN1CC(CO)N(C(=O)O)C1=C=O. The van der Waals surface area contributed by atoms with Crippen LogP contribution in [0.5, 0.6) is 0 Å². The standard InChI is InChI=1S/C7H10N2O4/c1-8-2-5(3-10)9(7(12)13)6(8)4-11/h5,10H,2-3H2,1H3,(H,12,13). The van der Waals surface area contributed by atoms with E-state index >= 15 is 0 Å². The first-order valence-electron chi connectivity index (χ1n) is 3.71. The Bertz CT molecular complexity index is 272. The predicted molar refractivity (Wildman–Crippen MR) is 42.6 cm³/mol. The van der Waals surface area contributed by atoms with Gasteiger partial charge in [0.25, 0.3) is 0 Å². The summed E-state index contributed by atoms with van der Waals surface area (Å²) in [5.74, 6) is 1.49. The minimum Gasteiger partial charge on any atom is -0.465 e. The lowest BCUT2D eigenvalue weighted by Crippen LogP contribution is -2.37. The van der Waals surface area contributed by atoms with Crippen LogP contribution < -0.4 is 0 Å². The highest BCUT2D eigenvalue weighted by molar-refractivity contribution is 5.72. The average Bonchev–Trinajstić information content (AvgIpc) is 2.41. The molecule has 1 aliphatic rings. The maximum Gasteiger partial charge on any atom is 0.413 e. The Morgan fingerprint density at radius 2 is 2.38 bits per heavy atom. The number of rotatable bonds is 1. The maximum atomic E-state index is 10.7. The van der Waals surface area contributed by atoms with Gasteiger partial charge in [-0.1, -0.05) is 0 Å². The molecule has 1 unspecified atom stereocenters. The molecule has 0 aromatic rings. The number of hydrogen-bond acceptors (Lipinski definition) is 4. The molecule has 0 aromatic heterocycles. The Morgan fingerprint density at radius 3 is 2.77 bits per heavy atom. The summed E-state index contributed by atoms with van der Waals surface area (Å²) in [6.07, 6.45) is -1.25. The van der Waals surface area contributed by atoms with Crippen LogP contribution in [-0.4, -0.2) is 58.3 Å². The normalized spacial score (nSPS) is 22.0. The van der Waals surface area contributed by atoms with Gasteiger partial charge in [0.05, 0.1) is 12.6 Å². The molecule has 0 aliphatic carbocycles. The Labute approximate surface area is 74.7 Å². The van der Waals surface area contributed by atoms with E-state index in [0.29, 0.717) is 6.54 Å². The smallest absolute Gasteiger partial charge is 0.413 e. The Balaban J connectivity index is 2.98. The van der Waals surface area contributed by atoms with E-state index in [1.54, 1.807) is 7.05 Å². The second-order valence-electron chi connectivity index (χ2n) is 2.80. The van der Waals surface area contributed by atoms with Crippen LogP contribution in [0.1, 0.15) is 0 Å². The van der Waals surface area contributed by atoms with Gasteiger partial charge in [-0.3, -0.25) is 0 Å². The summed E-state index contributed by atoms with van der Waals surface area (Å²) >= 11 is 0. The average molecular weight is 186 g/mol. The number of carbonyl (C=O) groups excluding carboxylic acids is 1. The fourth-order valence-electron chi connectivity index (χ4n) is 1.35. The molecule has 0 saturated carbocycles. The number of nitrogens with zero attached hydrogens (tertiary/aromatic N) is 2. The number of hydrogen-bond donors (Lipinski definition) is 2. The van der Waals surface area contributed by atoms with Crippen molar-refractivity contribution in [2.45, 2.75) is 6.04 Å². The fourth-order valence-corrected chi connectivity index (χ4v) is 1.35. The van der Waals surface area contributed by atoms with Gasteiger partial charge in [-0.2, -0.15) is 0 Å². The highest BCUT2D eigenvalue weighted by atomic mass is 16.4. The zero-order valence-electron chi connectivity index (χ0n) is 7.10. The number of carbonyl (C=O) groups is 1. The molecule has 13 heavy (non-hydrogen) atoms. The van der Waals surface area contributed by atoms with Gasteiger partial charge >= 0.3 is 6.09 Å². The van der Waals surface area contributed by atoms with Crippen molar-refractivity contribution in [1.29, 1.82) is 0 Å². The van der Waals surface area contributed by atoms with Crippen LogP contribution in [0.4, 0.5) is 4.79 Å². The second kappa shape index (κ2) is 3.47. The summed E-state index contributed by atoms with van der Waals surface area (Å²) in [4.78, 5) is 23.4. The van der Waals surface area contributed by atoms with Gasteiger partial charge in [0, 0.05) is 13.6 Å². The van der Waals surface area contributed by atoms with Crippen LogP contribution in [0.25, 0.3) is 0 Å². The van der Waals surface area contributed by atoms with Gasteiger partial charge in [0.1, 0.15) is 0 Å². The molecule has 1 aliphatic heterocycles. The van der Waals surface area contributed by atoms with Crippen LogP contribution in [0, 0.1) is 0 Å². The maximum absolute atomic E-state index is 10.7. The first-order valence-corrected chi connectivity index (χ1v) is 3.71. The van der Waals surface area contributed by atoms with Crippen molar-refractivity contribution in [3.8, 4) is 0 Å². The van der Waals surface area contributed by atoms with Crippen molar-refractivity contribution in [1.82, 2.24) is 9.80 Å². The van der Waals surface area contributed by atoms with Crippen molar-refractivity contribution in [2.75, 3.05) is 20.2 Å². The topological polar surface area (TPSA) is 81.1 Å². The Morgan fingerprint density at radius 1 is 1.77 bits per heavy atom. The fraction of sp³-hybridized carbons (Fsp3) is 0.571. The summed E-state index contributed by atoms with van der Waals surface area (Å²) in [7, 11) is 1.58. The highest BCUT2D eigenvalue weighted by Crippen LogP contribution is 2.19. The molecule has 1 heterocycles. The third-order valence-electron chi connectivity index (χ3n) is 1.95. The van der Waals surface area contributed by atoms with Crippen LogP contribution in [0.15, 0.2) is 5.82 Å². The van der Waals surface area contributed by atoms with Crippen LogP contribution in [-0.2, 0) is 4.79 Å². The van der Waals surface area contributed by atoms with Gasteiger partial charge in [0.15, 0.2) is 5.94 Å². The summed E-state index contributed by atoms with van der Waals surface area (Å²) in [6.45, 7) is 0.00912. The minimum atomic E-state index is -1.25. The Hall–Kier alpha value is -1.52. The lowest BCUT2D eigenvalue weighted by atomic mass is 10.3. The highest BCUT2D eigenvalue weighted by Gasteiger charge is 2.36. The zero-order chi connectivity index (χ0) is 10.0. The van der Waals surface area contributed by atoms with E-state index in [1.807, 2.05) is 0 Å². The molecule has 1 atom stereocenters. The molecule has 0 bridgehead atoms. The Kier molecular flexibility index (Phi) is 2.55. The predicted octanol–water partition coefficient (Wildman–Crippen LogP) is -1.05. The van der Waals surface area contributed by atoms with E-state index in [2.05, 4.69) is 0 Å². The van der Waals surface area contributed by atoms with Crippen LogP contribution in [0.2, 0.25) is 0 Å². The largest absolute Gasteiger partial charge is 0.465 e. The van der Waals surface area contributed by atoms with Gasteiger partial charge in [-0.15, -0.1) is 0 Å². The van der Waals surface area contributed by atoms with Crippen molar-refractivity contribution >= 4 is 12.0 Å². The molecule has 6 heteroatoms. The quantitative estimate of drug-likeness (QED) is 0.510. The van der Waals surface area contributed by atoms with Crippen molar-refractivity contribution in [2.24, 2.45) is 0 Å². The molecule has 6 nitrogen and oxygen atoms in total. The van der Waals surface area contributed by atoms with E-state index in [9.17, 15) is 9.59 Å². The monoisotopic (exact) mass is 186 g/mol. The van der Waals surface area contributed by atoms with Gasteiger partial charge < -0.3 is 15.1 Å². The molecule has 0 aromatic carbocycles. The van der Waals surface area contributed by atoms with E-state index in [-0.39, 0.29) is 12.4 Å². The van der Waals surface area contributed by atoms with Crippen molar-refractivity contribution in [3.63, 3.8) is 0 Å². The number of aliphatic hydroxyl groups is 1. The third kappa shape index (κ3) is 1.49. The van der Waals surface area contributed by atoms with Crippen LogP contribution in [0.3, 0.4) is 0 Å². The molecule has 1 saturated heterocycles. The molecule has 2 N–H and O–H groups in total. The molecular formula is C7H10N2O4. The lowest BCUT2D eigenvalue weighted by Gasteiger charge is -2.16. The number of likely N-dealkylation sites (N-methyl/N-ethyl adjacent to an activating group) is 1. The molecule has 1 fully saturated rings. The number of amides is 1. The summed E-state index contributed by atoms with van der Waals surface area (Å²) in [5.41, 5.74) is 0. The van der Waals surface area contributed by atoms with Crippen LogP contribution >= 0.6 is 0 Å². The van der Waals surface area contributed by atoms with Gasteiger partial charge in [-0.05, 0) is 0 Å². The minimum absolute atomic E-state index is 0.0495. The first-order chi connectivity index (χ1) is 6.11. The molecule has 1 rings (SSSR count). The summed E-state index contributed by atoms with van der Waals surface area (Å²) in [5, 5.41) is 17.6. The molecule has 1 amide bonds. The summed E-state index contributed by atoms with van der Waals surface area (Å²) < 4.78 is 0. The lowest BCUT2D eigenvalue weighted by molar-refractivity contribution is 0.132. The first kappa shape index (κ1) is 9.57. The number of carboxylic acid groups (broad SMARTS) is 1. The molecule has 0 spiro atoms. The van der Waals surface area contributed by atoms with E-state index in [1.165, 1.54) is 10.8 Å². The van der Waals surface area contributed by atoms with E-state index in [4.69, 9.17) is 10.2 Å². The van der Waals surface area contributed by atoms with Crippen molar-refractivity contribution in [3.05, 3.63) is 5.82 Å².